The summed E-state index contributed by atoms with van der Waals surface area (Å²) < 4.78 is 7.02. The molecule has 0 aromatic carbocycles. The molecule has 0 aromatic rings. The van der Waals surface area contributed by atoms with Crippen molar-refractivity contribution in [2.45, 2.75) is 51.4 Å². The molecule has 1 unspecified atom stereocenters. The van der Waals surface area contributed by atoms with Gasteiger partial charge in [-0.15, -0.1) is 0 Å². The quantitative estimate of drug-likeness (QED) is 0.490. The van der Waals surface area contributed by atoms with Gasteiger partial charge in [0.2, 0.25) is 0 Å². The average molecular weight is 290 g/mol. The fourth-order valence-corrected chi connectivity index (χ4v) is 2.71. The number of nitrogens with one attached hydrogen (secondary N) is 1. The SMILES string of the molecule is CC(C)(C)[Si](C)(C)OCC[C@@H]1NC(=O)N(P)C1=O. The molecule has 0 aromatic heterocycles. The van der Waals surface area contributed by atoms with Crippen molar-refractivity contribution in [2.24, 2.45) is 0 Å². The van der Waals surface area contributed by atoms with Crippen LogP contribution in [-0.2, 0) is 9.22 Å². The van der Waals surface area contributed by atoms with E-state index in [1.807, 2.05) is 0 Å². The molecule has 0 bridgehead atoms. The Morgan fingerprint density at radius 3 is 2.33 bits per heavy atom. The molecule has 1 fully saturated rings. The van der Waals surface area contributed by atoms with Crippen LogP contribution in [0.4, 0.5) is 4.79 Å². The molecule has 1 aliphatic heterocycles. The number of hydrogen-bond donors (Lipinski definition) is 1. The van der Waals surface area contributed by atoms with Gasteiger partial charge in [-0.1, -0.05) is 20.8 Å². The van der Waals surface area contributed by atoms with Crippen molar-refractivity contribution in [1.82, 2.24) is 9.99 Å². The van der Waals surface area contributed by atoms with Crippen LogP contribution >= 0.6 is 9.39 Å². The first-order chi connectivity index (χ1) is 8.06. The number of imide groups is 1. The molecule has 0 radical (unpaired) electrons. The van der Waals surface area contributed by atoms with E-state index in [-0.39, 0.29) is 17.0 Å². The molecule has 18 heavy (non-hydrogen) atoms. The van der Waals surface area contributed by atoms with Crippen LogP contribution in [-0.4, -0.2) is 37.6 Å². The fraction of sp³-hybridized carbons (Fsp3) is 0.818. The number of rotatable bonds is 4. The largest absolute Gasteiger partial charge is 0.417 e. The van der Waals surface area contributed by atoms with Crippen LogP contribution in [0.25, 0.3) is 0 Å². The highest BCUT2D eigenvalue weighted by Gasteiger charge is 2.39. The van der Waals surface area contributed by atoms with Gasteiger partial charge in [-0.05, 0) is 33.9 Å². The van der Waals surface area contributed by atoms with Gasteiger partial charge >= 0.3 is 6.03 Å². The predicted octanol–water partition coefficient (Wildman–Crippen LogP) is 2.11. The maximum absolute atomic E-state index is 11.6. The Morgan fingerprint density at radius 2 is 1.94 bits per heavy atom. The van der Waals surface area contributed by atoms with E-state index in [9.17, 15) is 9.59 Å². The number of hydrogen-bond acceptors (Lipinski definition) is 3. The molecule has 1 N–H and O–H groups in total. The highest BCUT2D eigenvalue weighted by molar-refractivity contribution is 7.16. The molecule has 3 amide bonds. The van der Waals surface area contributed by atoms with Gasteiger partial charge in [-0.25, -0.2) is 9.46 Å². The monoisotopic (exact) mass is 290 g/mol. The normalized spacial score (nSPS) is 21.4. The van der Waals surface area contributed by atoms with Crippen LogP contribution in [0.15, 0.2) is 0 Å². The molecule has 0 spiro atoms. The summed E-state index contributed by atoms with van der Waals surface area (Å²) in [5.41, 5.74) is 0. The second-order valence-electron chi connectivity index (χ2n) is 6.11. The molecule has 1 heterocycles. The number of carbonyl (C=O) groups excluding carboxylic acids is 2. The molecular weight excluding hydrogens is 267 g/mol. The van der Waals surface area contributed by atoms with Gasteiger partial charge < -0.3 is 9.74 Å². The van der Waals surface area contributed by atoms with E-state index in [0.29, 0.717) is 13.0 Å². The van der Waals surface area contributed by atoms with Gasteiger partial charge in [0, 0.05) is 6.61 Å². The molecule has 1 saturated heterocycles. The minimum absolute atomic E-state index is 0.155. The Hall–Kier alpha value is -0.453. The minimum Gasteiger partial charge on any atom is -0.417 e. The second-order valence-corrected chi connectivity index (χ2v) is 11.4. The first kappa shape index (κ1) is 15.6. The van der Waals surface area contributed by atoms with Gasteiger partial charge in [0.1, 0.15) is 6.04 Å². The molecule has 104 valence electrons. The van der Waals surface area contributed by atoms with Gasteiger partial charge in [0.15, 0.2) is 8.32 Å². The number of urea groups is 1. The van der Waals surface area contributed by atoms with Crippen molar-refractivity contribution in [1.29, 1.82) is 0 Å². The topological polar surface area (TPSA) is 58.6 Å². The number of nitrogens with zero attached hydrogens (tertiary/aromatic N) is 1. The third-order valence-corrected chi connectivity index (χ3v) is 8.75. The highest BCUT2D eigenvalue weighted by Crippen LogP contribution is 2.36. The van der Waals surface area contributed by atoms with E-state index in [1.165, 1.54) is 0 Å². The van der Waals surface area contributed by atoms with Gasteiger partial charge in [0.25, 0.3) is 5.91 Å². The molecule has 2 atom stereocenters. The standard InChI is InChI=1S/C11H23N2O3PSi/c1-11(2,3)18(4,5)16-7-6-8-9(14)13(17)10(15)12-8/h8H,6-7,17H2,1-5H3,(H,12,15)/t8-/m0/s1. The van der Waals surface area contributed by atoms with Crippen LogP contribution in [0.1, 0.15) is 27.2 Å². The van der Waals surface area contributed by atoms with Crippen LogP contribution in [0.2, 0.25) is 18.1 Å². The first-order valence-electron chi connectivity index (χ1n) is 6.09. The summed E-state index contributed by atoms with van der Waals surface area (Å²) in [5.74, 6) is -0.205. The summed E-state index contributed by atoms with van der Waals surface area (Å²) in [4.78, 5) is 22.9. The number of carbonyl (C=O) groups is 2. The zero-order valence-electron chi connectivity index (χ0n) is 11.7. The van der Waals surface area contributed by atoms with Gasteiger partial charge in [-0.2, -0.15) is 0 Å². The average Bonchev–Trinajstić information content (AvgIpc) is 2.44. The highest BCUT2D eigenvalue weighted by atomic mass is 31.0. The fourth-order valence-electron chi connectivity index (χ4n) is 1.39. The van der Waals surface area contributed by atoms with Crippen molar-refractivity contribution < 1.29 is 14.0 Å². The van der Waals surface area contributed by atoms with Crippen molar-refractivity contribution in [2.75, 3.05) is 6.61 Å². The van der Waals surface area contributed by atoms with Gasteiger partial charge in [-0.3, -0.25) is 4.79 Å². The molecule has 1 rings (SSSR count). The summed E-state index contributed by atoms with van der Waals surface area (Å²) in [6, 6.07) is -0.804. The Kier molecular flexibility index (Phi) is 4.57. The third kappa shape index (κ3) is 3.31. The maximum atomic E-state index is 11.6. The van der Waals surface area contributed by atoms with E-state index in [2.05, 4.69) is 48.6 Å². The molecule has 0 saturated carbocycles. The Balaban J connectivity index is 2.44. The smallest absolute Gasteiger partial charge is 0.327 e. The van der Waals surface area contributed by atoms with E-state index in [0.717, 1.165) is 4.67 Å². The number of amides is 3. The Labute approximate surface area is 112 Å². The summed E-state index contributed by atoms with van der Waals surface area (Å²) in [5, 5.41) is 2.79. The van der Waals surface area contributed by atoms with Crippen LogP contribution in [0.5, 0.6) is 0 Å². The zero-order chi connectivity index (χ0) is 14.1. The van der Waals surface area contributed by atoms with E-state index >= 15 is 0 Å². The van der Waals surface area contributed by atoms with Crippen LogP contribution in [0, 0.1) is 0 Å². The lowest BCUT2D eigenvalue weighted by Gasteiger charge is -2.36. The molecule has 7 heteroatoms. The third-order valence-electron chi connectivity index (χ3n) is 3.73. The molecular formula is C11H23N2O3PSi. The van der Waals surface area contributed by atoms with Crippen molar-refractivity contribution in [3.8, 4) is 0 Å². The van der Waals surface area contributed by atoms with E-state index in [1.54, 1.807) is 0 Å². The predicted molar refractivity (Wildman–Crippen MR) is 76.6 cm³/mol. The van der Waals surface area contributed by atoms with E-state index < -0.39 is 14.4 Å². The second kappa shape index (κ2) is 5.27. The van der Waals surface area contributed by atoms with Crippen molar-refractivity contribution in [3.63, 3.8) is 0 Å². The lowest BCUT2D eigenvalue weighted by molar-refractivity contribution is -0.124. The van der Waals surface area contributed by atoms with Crippen LogP contribution < -0.4 is 5.32 Å². The summed E-state index contributed by atoms with van der Waals surface area (Å²) in [6.07, 6.45) is 0.530. The van der Waals surface area contributed by atoms with E-state index in [4.69, 9.17) is 4.43 Å². The van der Waals surface area contributed by atoms with Crippen molar-refractivity contribution in [3.05, 3.63) is 0 Å². The molecule has 0 aliphatic carbocycles. The summed E-state index contributed by atoms with van der Waals surface area (Å²) in [6.45, 7) is 11.4. The van der Waals surface area contributed by atoms with Gasteiger partial charge in [0.05, 0.1) is 0 Å². The Morgan fingerprint density at radius 1 is 1.39 bits per heavy atom. The molecule has 1 aliphatic rings. The summed E-state index contributed by atoms with van der Waals surface area (Å²) >= 11 is 0. The maximum Gasteiger partial charge on any atom is 0.327 e. The lowest BCUT2D eigenvalue weighted by atomic mass is 10.2. The zero-order valence-corrected chi connectivity index (χ0v) is 13.9. The van der Waals surface area contributed by atoms with Crippen molar-refractivity contribution >= 4 is 29.6 Å². The minimum atomic E-state index is -1.78. The van der Waals surface area contributed by atoms with Crippen LogP contribution in [0.3, 0.4) is 0 Å². The Bertz CT molecular complexity index is 355. The summed E-state index contributed by atoms with van der Waals surface area (Å²) in [7, 11) is 0.348. The molecule has 5 nitrogen and oxygen atoms in total. The first-order valence-corrected chi connectivity index (χ1v) is 9.52. The lowest BCUT2D eigenvalue weighted by Crippen LogP contribution is -2.42.